The van der Waals surface area contributed by atoms with E-state index in [1.165, 1.54) is 31.0 Å². The number of aliphatic hydroxyl groups is 8. The van der Waals surface area contributed by atoms with Gasteiger partial charge in [-0.15, -0.1) is 0 Å². The molecule has 0 radical (unpaired) electrons. The molecule has 2 amide bonds. The van der Waals surface area contributed by atoms with Crippen molar-refractivity contribution in [3.8, 4) is 0 Å². The molecule has 4 aromatic heterocycles. The minimum atomic E-state index is -5.90. The van der Waals surface area contributed by atoms with Gasteiger partial charge in [0, 0.05) is 29.8 Å². The number of carbonyl (C=O) groups is 4. The van der Waals surface area contributed by atoms with Crippen LogP contribution in [0.25, 0.3) is 0 Å². The molecule has 4 aromatic rings. The van der Waals surface area contributed by atoms with Crippen LogP contribution < -0.4 is 233 Å². The van der Waals surface area contributed by atoms with Crippen LogP contribution in [-0.4, -0.2) is 324 Å². The number of aromatic nitrogens is 8. The Morgan fingerprint density at radius 2 is 0.687 bits per heavy atom. The van der Waals surface area contributed by atoms with Gasteiger partial charge in [0.05, 0.1) is 89.3 Å². The predicted octanol–water partition coefficient (Wildman–Crippen LogP) is -29.0. The topological polar surface area (TPSA) is 1110 Å². The van der Waals surface area contributed by atoms with E-state index in [2.05, 4.69) is 140 Å². The average Bonchev–Trinajstić information content (AvgIpc) is 1.63. The number of carbonyl (C=O) groups excluding carboxylic acids is 4. The van der Waals surface area contributed by atoms with Crippen LogP contribution >= 0.6 is 97.8 Å². The van der Waals surface area contributed by atoms with E-state index >= 15 is 0 Å². The number of nitrogens with two attached hydrogens (primary N) is 2. The maximum atomic E-state index is 12.3. The first-order chi connectivity index (χ1) is 68.4. The molecular formula is C67H104IN25Na2O46P8S-8. The van der Waals surface area contributed by atoms with Gasteiger partial charge >= 0.3 is 81.1 Å². The summed E-state index contributed by atoms with van der Waals surface area (Å²) >= 11 is 5.86. The summed E-state index contributed by atoms with van der Waals surface area (Å²) in [6, 6.07) is 0. The van der Waals surface area contributed by atoms with Crippen molar-refractivity contribution in [2.45, 2.75) is 177 Å². The molecule has 20 unspecified atom stereocenters. The molecule has 0 spiro atoms. The van der Waals surface area contributed by atoms with Crippen LogP contribution in [0.15, 0.2) is 45.3 Å². The first-order valence-electron chi connectivity index (χ1n) is 42.4. The van der Waals surface area contributed by atoms with Gasteiger partial charge in [0.15, 0.2) is 71.4 Å². The summed E-state index contributed by atoms with van der Waals surface area (Å²) in [5.41, 5.74) is 12.6. The number of thiol groups is 1. The summed E-state index contributed by atoms with van der Waals surface area (Å²) in [6.07, 6.45) is -9.90. The number of aliphatic carboxylic acids is 2. The fraction of sp³-hybridized carbons (Fsp3) is 0.687. The van der Waals surface area contributed by atoms with Crippen molar-refractivity contribution >= 4 is 151 Å². The number of halogens is 1. The molecule has 4 saturated heterocycles. The van der Waals surface area contributed by atoms with Gasteiger partial charge in [-0.1, -0.05) is 63.1 Å². The normalized spacial score (nSPS) is 24.3. The zero-order chi connectivity index (χ0) is 108. The number of unbranched alkanes of at least 4 members (excludes halogenated alkanes) is 6. The monoisotopic (exact) mass is 2450 g/mol. The van der Waals surface area contributed by atoms with E-state index in [0.717, 1.165) is 89.2 Å². The van der Waals surface area contributed by atoms with E-state index in [-0.39, 0.29) is 197 Å². The molecule has 20 atom stereocenters. The van der Waals surface area contributed by atoms with Crippen LogP contribution in [0.4, 0.5) is 23.3 Å². The number of alkyl halides is 1. The quantitative estimate of drug-likeness (QED) is 0.00285. The number of carboxylic acids is 2. The third kappa shape index (κ3) is 44.0. The van der Waals surface area contributed by atoms with Crippen LogP contribution in [-0.2, 0) is 110 Å². The SMILES string of the molecule is C.C.N=C(CCCS)CNCCCCCCNC(=O)CNc1ncnc2c1=NC[N+]=2C1OC(COP(=O)([O-])OP(=O)([O-])[O-])C(O)C1O.NCCCCCCNC(=O)CNc1ncnc2c1=NC[N+]=2C1OC(COP(=O)([O-])OP(=O)([O-])[O-])C(O)C1O.Nc1ncnc2c1=NC[N+]=2C1OC(COP(=O)([O-])OP(=O)([O-])[O-])C(O)C1O.O=C([O-])CI.O=C([O-])CNc1ncnc2c1=NC[N+]=2C1OC(COP(=O)([O-])OP(=O)([O-])[O-])C(O)C1O.[Na+].[Na+]. The van der Waals surface area contributed by atoms with Gasteiger partial charge < -0.3 is 223 Å². The molecule has 0 aromatic carbocycles. The fourth-order valence-corrected chi connectivity index (χ4v) is 19.9. The van der Waals surface area contributed by atoms with Crippen molar-refractivity contribution in [3.05, 3.63) is 68.7 Å². The van der Waals surface area contributed by atoms with E-state index in [4.69, 9.17) is 35.8 Å². The zero-order valence-corrected chi connectivity index (χ0v) is 91.4. The molecule has 0 aliphatic carbocycles. The number of hydrogen-bond acceptors (Lipinski definition) is 66. The van der Waals surface area contributed by atoms with Gasteiger partial charge in [0.25, 0.3) is 31.3 Å². The van der Waals surface area contributed by atoms with Crippen molar-refractivity contribution in [1.82, 2.24) is 74.1 Å². The summed E-state index contributed by atoms with van der Waals surface area (Å²) in [7, 11) is -45.7. The predicted molar refractivity (Wildman–Crippen MR) is 475 cm³/mol. The second-order valence-corrected chi connectivity index (χ2v) is 42.8. The summed E-state index contributed by atoms with van der Waals surface area (Å²) in [4.78, 5) is 223. The Labute approximate surface area is 911 Å². The number of ether oxygens (including phenoxy) is 4. The fourth-order valence-electron chi connectivity index (χ4n) is 13.7. The van der Waals surface area contributed by atoms with Gasteiger partial charge in [0.2, 0.25) is 62.0 Å². The summed E-state index contributed by atoms with van der Waals surface area (Å²) in [5.74, 6) is -1.50. The first kappa shape index (κ1) is 137. The molecule has 0 saturated carbocycles. The molecule has 71 nitrogen and oxygen atoms in total. The third-order valence-corrected chi connectivity index (χ3v) is 29.4. The molecule has 8 aliphatic heterocycles. The van der Waals surface area contributed by atoms with E-state index in [1.807, 2.05) is 0 Å². The van der Waals surface area contributed by atoms with Crippen molar-refractivity contribution in [2.24, 2.45) is 25.7 Å². The smallest absolute Gasteiger partial charge is 0.790 e. The van der Waals surface area contributed by atoms with E-state index in [1.54, 1.807) is 22.6 Å². The number of anilines is 4. The van der Waals surface area contributed by atoms with E-state index in [0.29, 0.717) is 31.9 Å². The Morgan fingerprint density at radius 1 is 0.413 bits per heavy atom. The number of nitrogens with zero attached hydrogens (tertiary/aromatic N) is 16. The molecule has 12 heterocycles. The summed E-state index contributed by atoms with van der Waals surface area (Å²) in [6.45, 7) is -1.79. The van der Waals surface area contributed by atoms with Crippen molar-refractivity contribution in [3.63, 3.8) is 0 Å². The van der Waals surface area contributed by atoms with Gasteiger partial charge in [-0.05, 0) is 77.3 Å². The molecule has 0 bridgehead atoms. The maximum absolute atomic E-state index is 12.3. The number of nitrogens with one attached hydrogen (secondary N) is 7. The molecule has 4 fully saturated rings. The van der Waals surface area contributed by atoms with Crippen molar-refractivity contribution < 1.29 is 279 Å². The maximum Gasteiger partial charge on any atom is 1.00 e. The van der Waals surface area contributed by atoms with Crippen LogP contribution in [0.2, 0.25) is 0 Å². The average molecular weight is 2450 g/mol. The number of phosphoric ester groups is 4. The Bertz CT molecular complexity index is 6210. The number of nitrogen functional groups attached to an aromatic ring is 1. The van der Waals surface area contributed by atoms with Crippen LogP contribution in [0.1, 0.15) is 79.1 Å². The molecule has 8 aliphatic rings. The van der Waals surface area contributed by atoms with Gasteiger partial charge in [-0.25, -0.2) is 38.3 Å². The number of amides is 2. The van der Waals surface area contributed by atoms with E-state index in [9.17, 15) is 165 Å². The van der Waals surface area contributed by atoms with Crippen molar-refractivity contribution in [2.75, 3.05) is 137 Å². The van der Waals surface area contributed by atoms with E-state index < -0.39 is 206 Å². The van der Waals surface area contributed by atoms with Gasteiger partial charge in [-0.3, -0.25) is 45.1 Å². The Balaban J connectivity index is 0.000000412. The second kappa shape index (κ2) is 63.1. The van der Waals surface area contributed by atoms with Crippen LogP contribution in [0.3, 0.4) is 0 Å². The number of carboxylic acid groups (broad SMARTS) is 2. The number of hydrogen-bond donors (Lipinski definition) is 18. The molecule has 12 rings (SSSR count). The largest absolute Gasteiger partial charge is 1.00 e. The minimum absolute atomic E-state index is 0. The molecular weight excluding hydrogens is 2340 g/mol. The standard InChI is InChI=1S/C23H40N8O11P2S.C18H31N7O11P2.C12H17N5O12P2.C10H15N5O10P2.C2H3IO2.2CH4.2Na/c24-15(6-5-9-45)10-25-7-3-1-2-4-8-26-17(32)11-27-21-18-22(29-13-28-21)31(14-30-18)23-20(34)19(33)16(41-23)12-40-44(38,39)42-43(35,36)37;19-5-3-1-2-4-6-20-12(26)7-21-16-13-17(23-9-22-16)25(10-24-13)18-15(28)14(27)11(35-18)8-34-38(32,33)36-37(29,30)31;18-6(19)1-13-10-7-11(15-3-14-10)17(4-16-7)12-9(21)8(20)5(28-12)2-27-31(25,26)29-30(22,23)24;11-8-5-9(13-2-12-8)15(3-14-5)10-7(17)6(16)4(24-10)1-23-27(21,22)25-26(18,19)20;3-1-2(4)5;;;;/h13,16,19-20,23-25,33-34H,1-12,14H2,(H5,26,32,35,36,37,38,39,45);9,11,14-15,18,27-28H,1-8,10,19H2,(H4,20,26,29,30,31,32,33);3,5,8-9,12,20-21H,1-2,4H2,(H4,18,19,22,23,24,25,26);2,4,6-7,10-11,16-17H,1,3H2,(H3,18,19,20,21,22);1H2,(H,4,5);2*1H4;;/q;;;;;;;2*+1/p-10. The van der Waals surface area contributed by atoms with Crippen LogP contribution in [0.5, 0.6) is 0 Å². The molecule has 836 valence electrons. The van der Waals surface area contributed by atoms with Crippen molar-refractivity contribution in [1.29, 1.82) is 5.41 Å². The summed E-state index contributed by atoms with van der Waals surface area (Å²) < 4.78 is 145. The first-order valence-corrected chi connectivity index (χ1v) is 56.2. The Kier molecular flexibility index (Phi) is 57.8. The molecule has 83 heteroatoms. The van der Waals surface area contributed by atoms with Crippen LogP contribution in [0, 0.1) is 5.41 Å². The van der Waals surface area contributed by atoms with Gasteiger partial charge in [0.1, 0.15) is 73.2 Å². The van der Waals surface area contributed by atoms with Gasteiger partial charge in [-0.2, -0.15) is 32.6 Å². The Morgan fingerprint density at radius 3 is 0.967 bits per heavy atom. The molecule has 19 N–H and O–H groups in total. The third-order valence-electron chi connectivity index (χ3n) is 20.2. The molecule has 150 heavy (non-hydrogen) atoms. The number of aliphatic hydroxyl groups excluding tert-OH is 8. The second-order valence-electron chi connectivity index (χ2n) is 30.8. The number of rotatable bonds is 52. The number of fused-ring (bicyclic) bond motifs is 4. The Hall–Kier alpha value is -4.97. The number of phosphoric acid groups is 8. The summed E-state index contributed by atoms with van der Waals surface area (Å²) in [5, 5.41) is 128. The zero-order valence-electron chi connectivity index (χ0n) is 77.2. The minimum Gasteiger partial charge on any atom is -0.790 e.